The molecular weight excluding hydrogens is 292 g/mol. The van der Waals surface area contributed by atoms with Crippen LogP contribution in [0.2, 0.25) is 0 Å². The summed E-state index contributed by atoms with van der Waals surface area (Å²) in [7, 11) is 2.99. The van der Waals surface area contributed by atoms with Gasteiger partial charge in [-0.05, 0) is 18.1 Å². The van der Waals surface area contributed by atoms with Crippen molar-refractivity contribution in [3.8, 4) is 5.75 Å². The highest BCUT2D eigenvalue weighted by Crippen LogP contribution is 2.30. The minimum absolute atomic E-state index is 0.0546. The van der Waals surface area contributed by atoms with Gasteiger partial charge in [-0.3, -0.25) is 0 Å². The van der Waals surface area contributed by atoms with E-state index in [0.717, 1.165) is 11.0 Å². The van der Waals surface area contributed by atoms with Gasteiger partial charge in [0.2, 0.25) is 0 Å². The monoisotopic (exact) mass is 310 g/mol. The molecule has 0 saturated carbocycles. The van der Waals surface area contributed by atoms with Crippen LogP contribution in [0.1, 0.15) is 25.7 Å². The van der Waals surface area contributed by atoms with Crippen molar-refractivity contribution in [3.63, 3.8) is 0 Å². The van der Waals surface area contributed by atoms with Crippen LogP contribution in [0.5, 0.6) is 5.75 Å². The van der Waals surface area contributed by atoms with Crippen molar-refractivity contribution in [2.45, 2.75) is 25.8 Å². The Kier molecular flexibility index (Phi) is 4.73. The first-order chi connectivity index (χ1) is 10.0. The lowest BCUT2D eigenvalue weighted by atomic mass is 10.0. The van der Waals surface area contributed by atoms with Crippen LogP contribution in [0.4, 0.5) is 0 Å². The third-order valence-corrected chi connectivity index (χ3v) is 3.68. The normalized spacial score (nSPS) is 12.7. The van der Waals surface area contributed by atoms with Gasteiger partial charge in [-0.25, -0.2) is 9.78 Å². The second-order valence-corrected chi connectivity index (χ2v) is 5.37. The molecule has 2 rings (SSSR count). The maximum absolute atomic E-state index is 12.1. The van der Waals surface area contributed by atoms with E-state index in [0.29, 0.717) is 11.6 Å². The minimum atomic E-state index is -0.456. The number of fused-ring (bicyclic) bond motifs is 1. The molecule has 0 bridgehead atoms. The van der Waals surface area contributed by atoms with Crippen LogP contribution in [0.3, 0.4) is 0 Å². The van der Waals surface area contributed by atoms with Crippen molar-refractivity contribution < 1.29 is 14.3 Å². The number of carbonyl (C=O) groups is 1. The van der Waals surface area contributed by atoms with Crippen molar-refractivity contribution in [2.24, 2.45) is 5.92 Å². The van der Waals surface area contributed by atoms with Crippen LogP contribution in [-0.2, 0) is 15.4 Å². The fraction of sp³-hybridized carbons (Fsp3) is 0.467. The highest BCUT2D eigenvalue weighted by Gasteiger charge is 2.29. The zero-order valence-electron chi connectivity index (χ0n) is 12.6. The van der Waals surface area contributed by atoms with Crippen LogP contribution >= 0.6 is 11.6 Å². The van der Waals surface area contributed by atoms with Gasteiger partial charge in [0.25, 0.3) is 0 Å². The molecule has 0 aliphatic heterocycles. The predicted molar refractivity (Wildman–Crippen MR) is 81.7 cm³/mol. The van der Waals surface area contributed by atoms with Crippen molar-refractivity contribution in [1.82, 2.24) is 9.55 Å². The van der Waals surface area contributed by atoms with E-state index in [-0.39, 0.29) is 17.8 Å². The highest BCUT2D eigenvalue weighted by molar-refractivity contribution is 6.17. The number of aromatic nitrogens is 2. The number of esters is 1. The van der Waals surface area contributed by atoms with Gasteiger partial charge in [0, 0.05) is 6.07 Å². The number of halogens is 1. The van der Waals surface area contributed by atoms with Gasteiger partial charge >= 0.3 is 5.97 Å². The number of methoxy groups -OCH3 is 2. The third kappa shape index (κ3) is 2.83. The maximum atomic E-state index is 12.1. The van der Waals surface area contributed by atoms with Gasteiger partial charge in [0.05, 0.1) is 31.1 Å². The van der Waals surface area contributed by atoms with E-state index in [1.165, 1.54) is 7.11 Å². The zero-order valence-corrected chi connectivity index (χ0v) is 13.3. The van der Waals surface area contributed by atoms with E-state index in [9.17, 15) is 4.79 Å². The summed E-state index contributed by atoms with van der Waals surface area (Å²) in [5.74, 6) is 1.33. The molecule has 1 heterocycles. The molecule has 0 saturated heterocycles. The van der Waals surface area contributed by atoms with E-state index in [2.05, 4.69) is 4.98 Å². The number of rotatable bonds is 5. The number of alkyl halides is 1. The molecule has 0 fully saturated rings. The molecule has 1 aromatic heterocycles. The topological polar surface area (TPSA) is 53.4 Å². The summed E-state index contributed by atoms with van der Waals surface area (Å²) in [6, 6.07) is 5.10. The van der Waals surface area contributed by atoms with Crippen molar-refractivity contribution in [1.29, 1.82) is 0 Å². The molecule has 0 radical (unpaired) electrons. The Labute approximate surface area is 128 Å². The summed E-state index contributed by atoms with van der Waals surface area (Å²) in [6.07, 6.45) is 0. The van der Waals surface area contributed by atoms with Crippen LogP contribution in [0.25, 0.3) is 11.0 Å². The first-order valence-corrected chi connectivity index (χ1v) is 7.25. The molecule has 1 atom stereocenters. The quantitative estimate of drug-likeness (QED) is 0.629. The molecule has 6 heteroatoms. The number of nitrogens with zero attached hydrogens (tertiary/aromatic N) is 2. The molecular formula is C15H19ClN2O3. The molecule has 0 aliphatic carbocycles. The summed E-state index contributed by atoms with van der Waals surface area (Å²) in [5.41, 5.74) is 1.59. The fourth-order valence-electron chi connectivity index (χ4n) is 2.46. The molecule has 21 heavy (non-hydrogen) atoms. The average Bonchev–Trinajstić information content (AvgIpc) is 2.84. The summed E-state index contributed by atoms with van der Waals surface area (Å²) >= 11 is 6.01. The fourth-order valence-corrected chi connectivity index (χ4v) is 2.65. The lowest BCUT2D eigenvalue weighted by molar-refractivity contribution is -0.145. The van der Waals surface area contributed by atoms with Crippen molar-refractivity contribution in [3.05, 3.63) is 24.0 Å². The van der Waals surface area contributed by atoms with Crippen molar-refractivity contribution in [2.75, 3.05) is 14.2 Å². The van der Waals surface area contributed by atoms with Gasteiger partial charge in [0.15, 0.2) is 0 Å². The Morgan fingerprint density at radius 2 is 2.10 bits per heavy atom. The van der Waals surface area contributed by atoms with Crippen molar-refractivity contribution >= 4 is 28.6 Å². The molecule has 0 spiro atoms. The number of hydrogen-bond acceptors (Lipinski definition) is 4. The molecule has 0 aliphatic rings. The van der Waals surface area contributed by atoms with Gasteiger partial charge < -0.3 is 14.0 Å². The molecule has 0 N–H and O–H groups in total. The second-order valence-electron chi connectivity index (χ2n) is 5.10. The van der Waals surface area contributed by atoms with Crippen LogP contribution in [0, 0.1) is 5.92 Å². The highest BCUT2D eigenvalue weighted by atomic mass is 35.5. The molecule has 114 valence electrons. The molecule has 1 unspecified atom stereocenters. The lowest BCUT2D eigenvalue weighted by Gasteiger charge is -2.22. The molecule has 0 amide bonds. The van der Waals surface area contributed by atoms with E-state index in [4.69, 9.17) is 21.1 Å². The van der Waals surface area contributed by atoms with Gasteiger partial charge in [-0.2, -0.15) is 0 Å². The SMILES string of the molecule is COC(=O)C(C(C)C)n1c(CCl)nc2cc(OC)ccc21. The Hall–Kier alpha value is -1.75. The van der Waals surface area contributed by atoms with Crippen LogP contribution in [0.15, 0.2) is 18.2 Å². The summed E-state index contributed by atoms with van der Waals surface area (Å²) in [6.45, 7) is 3.93. The molecule has 1 aromatic carbocycles. The maximum Gasteiger partial charge on any atom is 0.329 e. The van der Waals surface area contributed by atoms with Gasteiger partial charge in [-0.15, -0.1) is 11.6 Å². The smallest absolute Gasteiger partial charge is 0.329 e. The number of benzene rings is 1. The van der Waals surface area contributed by atoms with E-state index < -0.39 is 6.04 Å². The number of ether oxygens (including phenoxy) is 2. The average molecular weight is 311 g/mol. The molecule has 2 aromatic rings. The largest absolute Gasteiger partial charge is 0.497 e. The van der Waals surface area contributed by atoms with Gasteiger partial charge in [0.1, 0.15) is 17.6 Å². The number of hydrogen-bond donors (Lipinski definition) is 0. The van der Waals surface area contributed by atoms with E-state index in [1.54, 1.807) is 7.11 Å². The van der Waals surface area contributed by atoms with Gasteiger partial charge in [-0.1, -0.05) is 13.8 Å². The zero-order chi connectivity index (χ0) is 15.6. The lowest BCUT2D eigenvalue weighted by Crippen LogP contribution is -2.27. The Bertz CT molecular complexity index is 652. The second kappa shape index (κ2) is 6.35. The predicted octanol–water partition coefficient (Wildman–Crippen LogP) is 3.15. The molecule has 5 nitrogen and oxygen atoms in total. The summed E-state index contributed by atoms with van der Waals surface area (Å²) in [5, 5.41) is 0. The Morgan fingerprint density at radius 1 is 1.38 bits per heavy atom. The first-order valence-electron chi connectivity index (χ1n) is 6.72. The number of imidazole rings is 1. The van der Waals surface area contributed by atoms with Crippen LogP contribution in [-0.4, -0.2) is 29.7 Å². The third-order valence-electron chi connectivity index (χ3n) is 3.44. The summed E-state index contributed by atoms with van der Waals surface area (Å²) in [4.78, 5) is 16.7. The van der Waals surface area contributed by atoms with E-state index >= 15 is 0 Å². The van der Waals surface area contributed by atoms with E-state index in [1.807, 2.05) is 36.6 Å². The summed E-state index contributed by atoms with van der Waals surface area (Å²) < 4.78 is 12.0. The van der Waals surface area contributed by atoms with Crippen LogP contribution < -0.4 is 4.74 Å². The Balaban J connectivity index is 2.67. The standard InChI is InChI=1S/C15H19ClN2O3/c1-9(2)14(15(19)21-4)18-12-6-5-10(20-3)7-11(12)17-13(18)8-16/h5-7,9,14H,8H2,1-4H3. The minimum Gasteiger partial charge on any atom is -0.497 e. The first kappa shape index (κ1) is 15.6. The Morgan fingerprint density at radius 3 is 2.62 bits per heavy atom. The number of carbonyl (C=O) groups excluding carboxylic acids is 1.